The highest BCUT2D eigenvalue weighted by Crippen LogP contribution is 2.37. The molecule has 0 aliphatic rings. The van der Waals surface area contributed by atoms with Crippen LogP contribution in [0, 0.1) is 6.92 Å². The Labute approximate surface area is 195 Å². The van der Waals surface area contributed by atoms with Crippen molar-refractivity contribution in [3.63, 3.8) is 0 Å². The van der Waals surface area contributed by atoms with E-state index in [1.54, 1.807) is 77.6 Å². The number of benzene rings is 2. The minimum absolute atomic E-state index is 0.134. The molecule has 0 saturated carbocycles. The Morgan fingerprint density at radius 3 is 2.56 bits per heavy atom. The summed E-state index contributed by atoms with van der Waals surface area (Å²) in [4.78, 5) is 16.0. The van der Waals surface area contributed by atoms with Crippen molar-refractivity contribution in [2.24, 2.45) is 0 Å². The van der Waals surface area contributed by atoms with Gasteiger partial charge in [-0.2, -0.15) is 0 Å². The average molecular weight is 476 g/mol. The van der Waals surface area contributed by atoms with Crippen LogP contribution in [0.2, 0.25) is 0 Å². The number of ether oxygens (including phenoxy) is 1. The van der Waals surface area contributed by atoms with E-state index in [-0.39, 0.29) is 11.4 Å². The zero-order valence-corrected chi connectivity index (χ0v) is 19.3. The Bertz CT molecular complexity index is 1660. The molecule has 0 atom stereocenters. The van der Waals surface area contributed by atoms with E-state index in [2.05, 4.69) is 4.98 Å². The Morgan fingerprint density at radius 1 is 1.09 bits per heavy atom. The van der Waals surface area contributed by atoms with Crippen molar-refractivity contribution in [1.82, 2.24) is 13.5 Å². The molecule has 0 spiro atoms. The molecule has 3 aromatic heterocycles. The summed E-state index contributed by atoms with van der Waals surface area (Å²) in [5.74, 6) is -0.433. The van der Waals surface area contributed by atoms with Gasteiger partial charge in [-0.05, 0) is 55.5 Å². The van der Waals surface area contributed by atoms with E-state index in [4.69, 9.17) is 4.74 Å². The highest BCUT2D eigenvalue weighted by molar-refractivity contribution is 7.90. The maximum atomic E-state index is 13.9. The summed E-state index contributed by atoms with van der Waals surface area (Å²) in [5, 5.41) is 10.7. The summed E-state index contributed by atoms with van der Waals surface area (Å²) in [6.45, 7) is 1.62. The summed E-state index contributed by atoms with van der Waals surface area (Å²) in [5.41, 5.74) is 2.83. The second kappa shape index (κ2) is 8.03. The molecule has 0 radical (unpaired) electrons. The fourth-order valence-electron chi connectivity index (χ4n) is 4.14. The fourth-order valence-corrected chi connectivity index (χ4v) is 5.62. The van der Waals surface area contributed by atoms with Gasteiger partial charge in [0.1, 0.15) is 12.3 Å². The van der Waals surface area contributed by atoms with Crippen molar-refractivity contribution < 1.29 is 23.1 Å². The van der Waals surface area contributed by atoms with Gasteiger partial charge in [0.15, 0.2) is 5.65 Å². The number of nitrogens with zero attached hydrogens (tertiary/aromatic N) is 3. The number of rotatable bonds is 6. The Kier molecular flexibility index (Phi) is 5.13. The van der Waals surface area contributed by atoms with Crippen molar-refractivity contribution in [3.8, 4) is 17.0 Å². The number of hydrogen-bond acceptors (Lipinski definition) is 5. The standard InChI is InChI=1S/C25H21N3O5S/c1-16-5-8-19(9-6-16)34(31,32)28-23(12-17-4-3-11-26-25(17)28)21-14-27(15-24(29)30)22-10-7-18(33-2)13-20(21)22/h3-14H,15H2,1-2H3,(H,29,30). The number of fused-ring (bicyclic) bond motifs is 2. The molecule has 3 heterocycles. The van der Waals surface area contributed by atoms with E-state index in [9.17, 15) is 18.3 Å². The molecule has 0 aliphatic heterocycles. The molecule has 5 aromatic rings. The largest absolute Gasteiger partial charge is 0.497 e. The highest BCUT2D eigenvalue weighted by Gasteiger charge is 2.26. The van der Waals surface area contributed by atoms with E-state index in [1.165, 1.54) is 11.1 Å². The lowest BCUT2D eigenvalue weighted by molar-refractivity contribution is -0.137. The van der Waals surface area contributed by atoms with Crippen LogP contribution in [0.1, 0.15) is 5.56 Å². The Hall–Kier alpha value is -4.11. The maximum Gasteiger partial charge on any atom is 0.323 e. The van der Waals surface area contributed by atoms with Crippen LogP contribution in [0.4, 0.5) is 0 Å². The molecule has 0 bridgehead atoms. The minimum atomic E-state index is -4.02. The molecule has 34 heavy (non-hydrogen) atoms. The second-order valence-electron chi connectivity index (χ2n) is 7.98. The lowest BCUT2D eigenvalue weighted by Gasteiger charge is -2.11. The van der Waals surface area contributed by atoms with Crippen molar-refractivity contribution in [1.29, 1.82) is 0 Å². The van der Waals surface area contributed by atoms with E-state index in [1.807, 2.05) is 6.92 Å². The first-order valence-electron chi connectivity index (χ1n) is 10.5. The Morgan fingerprint density at radius 2 is 1.85 bits per heavy atom. The maximum absolute atomic E-state index is 13.9. The molecule has 1 N–H and O–H groups in total. The molecule has 2 aromatic carbocycles. The lowest BCUT2D eigenvalue weighted by Crippen LogP contribution is -2.14. The molecule has 9 heteroatoms. The third-order valence-corrected chi connectivity index (χ3v) is 7.47. The van der Waals surface area contributed by atoms with Crippen LogP contribution in [0.5, 0.6) is 5.75 Å². The predicted molar refractivity (Wildman–Crippen MR) is 129 cm³/mol. The van der Waals surface area contributed by atoms with Crippen LogP contribution < -0.4 is 4.74 Å². The van der Waals surface area contributed by atoms with E-state index in [0.29, 0.717) is 38.9 Å². The van der Waals surface area contributed by atoms with E-state index >= 15 is 0 Å². The molecular formula is C25H21N3O5S. The number of aromatic nitrogens is 3. The van der Waals surface area contributed by atoms with Gasteiger partial charge in [0.25, 0.3) is 10.0 Å². The number of hydrogen-bond donors (Lipinski definition) is 1. The number of carboxylic acid groups (broad SMARTS) is 1. The van der Waals surface area contributed by atoms with Crippen LogP contribution >= 0.6 is 0 Å². The molecule has 0 amide bonds. The fraction of sp³-hybridized carbons (Fsp3) is 0.120. The van der Waals surface area contributed by atoms with E-state index < -0.39 is 16.0 Å². The van der Waals surface area contributed by atoms with Gasteiger partial charge in [-0.15, -0.1) is 0 Å². The zero-order valence-electron chi connectivity index (χ0n) is 18.5. The molecule has 5 rings (SSSR count). The minimum Gasteiger partial charge on any atom is -0.497 e. The van der Waals surface area contributed by atoms with Crippen molar-refractivity contribution in [2.45, 2.75) is 18.4 Å². The van der Waals surface area contributed by atoms with Gasteiger partial charge in [-0.25, -0.2) is 17.4 Å². The topological polar surface area (TPSA) is 103 Å². The molecule has 172 valence electrons. The first-order chi connectivity index (χ1) is 16.3. The van der Waals surface area contributed by atoms with Crippen LogP contribution in [0.3, 0.4) is 0 Å². The van der Waals surface area contributed by atoms with Gasteiger partial charge >= 0.3 is 5.97 Å². The molecule has 0 unspecified atom stereocenters. The average Bonchev–Trinajstić information content (AvgIpc) is 3.37. The number of methoxy groups -OCH3 is 1. The zero-order chi connectivity index (χ0) is 24.0. The van der Waals surface area contributed by atoms with Gasteiger partial charge < -0.3 is 14.4 Å². The summed E-state index contributed by atoms with van der Waals surface area (Å²) < 4.78 is 35.9. The van der Waals surface area contributed by atoms with Crippen LogP contribution in [0.15, 0.2) is 78.0 Å². The van der Waals surface area contributed by atoms with Gasteiger partial charge in [0, 0.05) is 34.2 Å². The van der Waals surface area contributed by atoms with Gasteiger partial charge in [0.2, 0.25) is 0 Å². The molecule has 0 saturated heterocycles. The summed E-state index contributed by atoms with van der Waals surface area (Å²) in [6, 6.07) is 17.2. The molecule has 8 nitrogen and oxygen atoms in total. The second-order valence-corrected chi connectivity index (χ2v) is 9.76. The summed E-state index contributed by atoms with van der Waals surface area (Å²) in [7, 11) is -2.48. The van der Waals surface area contributed by atoms with Crippen LogP contribution in [-0.2, 0) is 21.4 Å². The number of aryl methyl sites for hydroxylation is 1. The third kappa shape index (κ3) is 3.50. The summed E-state index contributed by atoms with van der Waals surface area (Å²) >= 11 is 0. The smallest absolute Gasteiger partial charge is 0.323 e. The van der Waals surface area contributed by atoms with Gasteiger partial charge in [0.05, 0.1) is 17.7 Å². The van der Waals surface area contributed by atoms with Crippen molar-refractivity contribution in [3.05, 3.63) is 78.6 Å². The normalized spacial score (nSPS) is 11.8. The number of carboxylic acids is 1. The first kappa shape index (κ1) is 21.7. The predicted octanol–water partition coefficient (Wildman–Crippen LogP) is 4.30. The van der Waals surface area contributed by atoms with Crippen molar-refractivity contribution in [2.75, 3.05) is 7.11 Å². The molecule has 0 aliphatic carbocycles. The monoisotopic (exact) mass is 475 g/mol. The quantitative estimate of drug-likeness (QED) is 0.393. The number of carbonyl (C=O) groups is 1. The highest BCUT2D eigenvalue weighted by atomic mass is 32.2. The third-order valence-electron chi connectivity index (χ3n) is 5.75. The van der Waals surface area contributed by atoms with E-state index in [0.717, 1.165) is 5.56 Å². The van der Waals surface area contributed by atoms with Gasteiger partial charge in [-0.1, -0.05) is 17.7 Å². The van der Waals surface area contributed by atoms with Gasteiger partial charge in [-0.3, -0.25) is 4.79 Å². The van der Waals surface area contributed by atoms with Crippen molar-refractivity contribution >= 4 is 37.9 Å². The Balaban J connectivity index is 1.86. The first-order valence-corrected chi connectivity index (χ1v) is 11.9. The van der Waals surface area contributed by atoms with Crippen LogP contribution in [0.25, 0.3) is 33.2 Å². The number of pyridine rings is 1. The SMILES string of the molecule is COc1ccc2c(c1)c(-c1cc3cccnc3n1S(=O)(=O)c1ccc(C)cc1)cn2CC(=O)O. The lowest BCUT2D eigenvalue weighted by atomic mass is 10.1. The molecule has 0 fully saturated rings. The number of aliphatic carboxylic acids is 1. The van der Waals surface area contributed by atoms with Crippen LogP contribution in [-0.4, -0.2) is 40.1 Å². The molecular weight excluding hydrogens is 454 g/mol. The summed E-state index contributed by atoms with van der Waals surface area (Å²) in [6.07, 6.45) is 3.21.